The van der Waals surface area contributed by atoms with E-state index in [1.54, 1.807) is 0 Å². The van der Waals surface area contributed by atoms with Crippen LogP contribution in [0.3, 0.4) is 0 Å². The van der Waals surface area contributed by atoms with Crippen LogP contribution in [0.4, 0.5) is 0 Å². The van der Waals surface area contributed by atoms with E-state index in [0.717, 1.165) is 77.0 Å². The van der Waals surface area contributed by atoms with Crippen LogP contribution in [-0.2, 0) is 28.6 Å². The molecule has 0 spiro atoms. The summed E-state index contributed by atoms with van der Waals surface area (Å²) < 4.78 is 16.8. The van der Waals surface area contributed by atoms with Gasteiger partial charge < -0.3 is 14.2 Å². The number of esters is 3. The van der Waals surface area contributed by atoms with Crippen molar-refractivity contribution in [3.8, 4) is 0 Å². The zero-order valence-electron chi connectivity index (χ0n) is 50.1. The molecular weight excluding hydrogens is 913 g/mol. The lowest BCUT2D eigenvalue weighted by molar-refractivity contribution is -0.167. The zero-order valence-corrected chi connectivity index (χ0v) is 50.1. The van der Waals surface area contributed by atoms with E-state index >= 15 is 0 Å². The second-order valence-electron chi connectivity index (χ2n) is 22.7. The summed E-state index contributed by atoms with van der Waals surface area (Å²) in [5, 5.41) is 0. The van der Waals surface area contributed by atoms with Gasteiger partial charge in [-0.2, -0.15) is 0 Å². The van der Waals surface area contributed by atoms with Crippen molar-refractivity contribution >= 4 is 17.9 Å². The smallest absolute Gasteiger partial charge is 0.306 e. The molecule has 0 aromatic heterocycles. The van der Waals surface area contributed by atoms with Gasteiger partial charge in [0.05, 0.1) is 0 Å². The minimum Gasteiger partial charge on any atom is -0.462 e. The summed E-state index contributed by atoms with van der Waals surface area (Å²) in [7, 11) is 0. The highest BCUT2D eigenvalue weighted by Gasteiger charge is 2.19. The Morgan fingerprint density at radius 2 is 0.459 bits per heavy atom. The average Bonchev–Trinajstić information content (AvgIpc) is 3.40. The molecule has 0 aliphatic carbocycles. The number of hydrogen-bond donors (Lipinski definition) is 0. The van der Waals surface area contributed by atoms with E-state index in [0.29, 0.717) is 19.3 Å². The largest absolute Gasteiger partial charge is 0.462 e. The third kappa shape index (κ3) is 60.8. The lowest BCUT2D eigenvalue weighted by Gasteiger charge is -2.18. The first kappa shape index (κ1) is 71.9. The number of ether oxygens (including phenoxy) is 3. The minimum absolute atomic E-state index is 0.0732. The van der Waals surface area contributed by atoms with Crippen LogP contribution in [0.2, 0.25) is 0 Å². The van der Waals surface area contributed by atoms with Crippen LogP contribution in [0.15, 0.2) is 24.3 Å². The summed E-state index contributed by atoms with van der Waals surface area (Å²) in [5.41, 5.74) is 0. The fourth-order valence-electron chi connectivity index (χ4n) is 10.1. The number of unbranched alkanes of at least 4 members (excludes halogenated alkanes) is 47. The highest BCUT2D eigenvalue weighted by Crippen LogP contribution is 2.19. The Labute approximate surface area is 462 Å². The highest BCUT2D eigenvalue weighted by atomic mass is 16.6. The van der Waals surface area contributed by atoms with Gasteiger partial charge in [-0.05, 0) is 57.8 Å². The summed E-state index contributed by atoms with van der Waals surface area (Å²) in [6, 6.07) is 0. The monoisotopic (exact) mass is 1040 g/mol. The van der Waals surface area contributed by atoms with Crippen molar-refractivity contribution in [1.82, 2.24) is 0 Å². The van der Waals surface area contributed by atoms with Crippen molar-refractivity contribution in [2.75, 3.05) is 13.2 Å². The van der Waals surface area contributed by atoms with E-state index in [4.69, 9.17) is 14.2 Å². The van der Waals surface area contributed by atoms with Gasteiger partial charge in [-0.25, -0.2) is 0 Å². The molecule has 0 aromatic rings. The minimum atomic E-state index is -0.775. The molecule has 74 heavy (non-hydrogen) atoms. The van der Waals surface area contributed by atoms with E-state index in [2.05, 4.69) is 45.1 Å². The number of carbonyl (C=O) groups excluding carboxylic acids is 3. The lowest BCUT2D eigenvalue weighted by Crippen LogP contribution is -2.30. The fourth-order valence-corrected chi connectivity index (χ4v) is 10.1. The number of carbonyl (C=O) groups is 3. The quantitative estimate of drug-likeness (QED) is 0.0261. The first-order chi connectivity index (χ1) is 36.5. The molecule has 6 nitrogen and oxygen atoms in total. The van der Waals surface area contributed by atoms with Gasteiger partial charge in [-0.15, -0.1) is 0 Å². The Bertz CT molecular complexity index is 1190. The predicted molar refractivity (Wildman–Crippen MR) is 321 cm³/mol. The van der Waals surface area contributed by atoms with E-state index < -0.39 is 6.10 Å². The lowest BCUT2D eigenvalue weighted by atomic mass is 10.0. The Kier molecular flexibility index (Phi) is 61.6. The predicted octanol–water partition coefficient (Wildman–Crippen LogP) is 22.6. The van der Waals surface area contributed by atoms with Crippen LogP contribution in [-0.4, -0.2) is 37.2 Å². The molecule has 0 saturated carbocycles. The van der Waals surface area contributed by atoms with Crippen LogP contribution in [0.1, 0.15) is 374 Å². The first-order valence-corrected chi connectivity index (χ1v) is 33.3. The molecule has 0 radical (unpaired) electrons. The topological polar surface area (TPSA) is 78.9 Å². The molecule has 0 aliphatic heterocycles. The van der Waals surface area contributed by atoms with Crippen molar-refractivity contribution in [3.05, 3.63) is 24.3 Å². The molecule has 0 bridgehead atoms. The van der Waals surface area contributed by atoms with E-state index in [1.807, 2.05) is 0 Å². The summed E-state index contributed by atoms with van der Waals surface area (Å²) in [6.45, 7) is 6.60. The summed E-state index contributed by atoms with van der Waals surface area (Å²) in [6.07, 6.45) is 76.7. The maximum Gasteiger partial charge on any atom is 0.306 e. The number of hydrogen-bond acceptors (Lipinski definition) is 6. The van der Waals surface area contributed by atoms with Crippen LogP contribution in [0.25, 0.3) is 0 Å². The van der Waals surface area contributed by atoms with Crippen molar-refractivity contribution < 1.29 is 28.6 Å². The number of allylic oxidation sites excluding steroid dienone is 4. The maximum atomic E-state index is 12.8. The molecule has 436 valence electrons. The van der Waals surface area contributed by atoms with Gasteiger partial charge in [0.1, 0.15) is 13.2 Å². The third-order valence-electron chi connectivity index (χ3n) is 15.2. The molecule has 0 aromatic carbocycles. The first-order valence-electron chi connectivity index (χ1n) is 33.3. The maximum absolute atomic E-state index is 12.8. The molecule has 0 rings (SSSR count). The van der Waals surface area contributed by atoms with Crippen LogP contribution >= 0.6 is 0 Å². The molecular formula is C68H128O6. The molecule has 1 unspecified atom stereocenters. The van der Waals surface area contributed by atoms with E-state index in [9.17, 15) is 14.4 Å². The van der Waals surface area contributed by atoms with Crippen molar-refractivity contribution in [2.24, 2.45) is 0 Å². The van der Waals surface area contributed by atoms with Gasteiger partial charge in [-0.3, -0.25) is 14.4 Å². The molecule has 0 fully saturated rings. The molecule has 0 amide bonds. The zero-order chi connectivity index (χ0) is 53.6. The SMILES string of the molecule is CCCC/C=C\CCCCCCCC(=O)OCC(COC(=O)CCCCCCCCCCCCCCCCCCCCCCCCCCCCCCCCCCCC)OC(=O)CCCCCCC/C=C\CCCC. The standard InChI is InChI=1S/C68H128O6/c1-4-7-10-13-16-19-22-23-24-25-26-27-28-29-30-31-32-33-34-35-36-37-38-39-40-41-42-43-44-47-49-52-55-58-61-67(70)73-64-65(74-68(71)62-59-56-53-50-46-21-18-15-12-9-6-3)63-72-66(69)60-57-54-51-48-45-20-17-14-11-8-5-2/h14-15,17-18,65H,4-13,16,19-64H2,1-3H3/b17-14-,18-15-. The molecule has 1 atom stereocenters. The Morgan fingerprint density at radius 3 is 0.716 bits per heavy atom. The van der Waals surface area contributed by atoms with E-state index in [1.165, 1.54) is 257 Å². The summed E-state index contributed by atoms with van der Waals surface area (Å²) >= 11 is 0. The second-order valence-corrected chi connectivity index (χ2v) is 22.7. The van der Waals surface area contributed by atoms with Gasteiger partial charge in [0, 0.05) is 19.3 Å². The summed E-state index contributed by atoms with van der Waals surface area (Å²) in [4.78, 5) is 38.1. The summed E-state index contributed by atoms with van der Waals surface area (Å²) in [5.74, 6) is -0.874. The molecule has 0 heterocycles. The second kappa shape index (κ2) is 63.4. The van der Waals surface area contributed by atoms with Crippen molar-refractivity contribution in [2.45, 2.75) is 380 Å². The fraction of sp³-hybridized carbons (Fsp3) is 0.897. The van der Waals surface area contributed by atoms with Crippen LogP contribution in [0.5, 0.6) is 0 Å². The van der Waals surface area contributed by atoms with Gasteiger partial charge in [0.25, 0.3) is 0 Å². The van der Waals surface area contributed by atoms with E-state index in [-0.39, 0.29) is 31.1 Å². The van der Waals surface area contributed by atoms with Gasteiger partial charge in [0.2, 0.25) is 0 Å². The third-order valence-corrected chi connectivity index (χ3v) is 15.2. The average molecular weight is 1040 g/mol. The Morgan fingerprint density at radius 1 is 0.257 bits per heavy atom. The molecule has 0 saturated heterocycles. The Hall–Kier alpha value is -2.11. The van der Waals surface area contributed by atoms with Crippen molar-refractivity contribution in [3.63, 3.8) is 0 Å². The van der Waals surface area contributed by atoms with Crippen LogP contribution < -0.4 is 0 Å². The molecule has 0 N–H and O–H groups in total. The van der Waals surface area contributed by atoms with Crippen LogP contribution in [0, 0.1) is 0 Å². The van der Waals surface area contributed by atoms with Gasteiger partial charge in [0.15, 0.2) is 6.10 Å². The van der Waals surface area contributed by atoms with Gasteiger partial charge >= 0.3 is 17.9 Å². The normalized spacial score (nSPS) is 12.1. The van der Waals surface area contributed by atoms with Gasteiger partial charge in [-0.1, -0.05) is 321 Å². The highest BCUT2D eigenvalue weighted by molar-refractivity contribution is 5.71. The number of rotatable bonds is 62. The Balaban J connectivity index is 3.93. The van der Waals surface area contributed by atoms with Crippen molar-refractivity contribution in [1.29, 1.82) is 0 Å². The molecule has 0 aliphatic rings. The molecule has 6 heteroatoms.